The second-order valence-corrected chi connectivity index (χ2v) is 8.57. The number of anilines is 1. The lowest BCUT2D eigenvalue weighted by molar-refractivity contribution is -0.148. The summed E-state index contributed by atoms with van der Waals surface area (Å²) in [5.74, 6) is -3.48. The molecule has 0 radical (unpaired) electrons. The number of aromatic nitrogens is 1. The van der Waals surface area contributed by atoms with Crippen LogP contribution in [0, 0.1) is 5.92 Å². The van der Waals surface area contributed by atoms with E-state index >= 15 is 0 Å². The van der Waals surface area contributed by atoms with Gasteiger partial charge in [-0.15, -0.1) is 11.3 Å². The first-order valence-electron chi connectivity index (χ1n) is 10.7. The molecule has 2 aromatic rings. The van der Waals surface area contributed by atoms with Gasteiger partial charge in [-0.05, 0) is 19.3 Å². The van der Waals surface area contributed by atoms with Crippen LogP contribution in [-0.2, 0) is 14.4 Å². The van der Waals surface area contributed by atoms with Crippen LogP contribution in [0.1, 0.15) is 39.0 Å². The highest BCUT2D eigenvalue weighted by Gasteiger charge is 2.41. The van der Waals surface area contributed by atoms with Crippen molar-refractivity contribution in [1.29, 1.82) is 0 Å². The van der Waals surface area contributed by atoms with Gasteiger partial charge in [0.2, 0.25) is 11.8 Å². The molecule has 0 spiro atoms. The summed E-state index contributed by atoms with van der Waals surface area (Å²) in [7, 11) is 0. The first-order valence-corrected chi connectivity index (χ1v) is 11.5. The van der Waals surface area contributed by atoms with Crippen molar-refractivity contribution in [2.45, 2.75) is 51.2 Å². The zero-order valence-corrected chi connectivity index (χ0v) is 18.6. The van der Waals surface area contributed by atoms with Crippen molar-refractivity contribution in [2.75, 3.05) is 11.9 Å². The van der Waals surface area contributed by atoms with Gasteiger partial charge in [0.25, 0.3) is 5.91 Å². The van der Waals surface area contributed by atoms with Gasteiger partial charge in [-0.1, -0.05) is 50.1 Å². The predicted octanol–water partition coefficient (Wildman–Crippen LogP) is 3.39. The Kier molecular flexibility index (Phi) is 8.29. The number of carbonyl (C=O) groups excluding carboxylic acids is 3. The summed E-state index contributed by atoms with van der Waals surface area (Å²) in [6, 6.07) is 8.79. The van der Waals surface area contributed by atoms with Crippen molar-refractivity contribution in [1.82, 2.24) is 15.4 Å². The Hall–Kier alpha value is -2.85. The molecule has 1 aromatic heterocycles. The number of carbonyl (C=O) groups is 3. The molecule has 3 N–H and O–H groups in total. The number of rotatable bonds is 9. The third-order valence-corrected chi connectivity index (χ3v) is 6.30. The zero-order chi connectivity index (χ0) is 23.1. The van der Waals surface area contributed by atoms with E-state index in [-0.39, 0.29) is 12.3 Å². The number of amides is 3. The van der Waals surface area contributed by atoms with Gasteiger partial charge in [-0.3, -0.25) is 19.6 Å². The number of likely N-dealkylation sites (tertiary alicyclic amines) is 1. The predicted molar refractivity (Wildman–Crippen MR) is 119 cm³/mol. The molecule has 3 unspecified atom stereocenters. The van der Waals surface area contributed by atoms with Gasteiger partial charge in [0.1, 0.15) is 6.04 Å². The number of nitrogens with one attached hydrogen (secondary N) is 2. The lowest BCUT2D eigenvalue weighted by Gasteiger charge is -2.29. The van der Waals surface area contributed by atoms with Gasteiger partial charge in [-0.25, -0.2) is 14.9 Å². The molecule has 0 saturated carbocycles. The second-order valence-electron chi connectivity index (χ2n) is 7.71. The second kappa shape index (κ2) is 11.1. The van der Waals surface area contributed by atoms with Gasteiger partial charge in [0.05, 0.1) is 11.6 Å². The molecular formula is C22H27FN4O4S. The minimum atomic E-state index is -2.18. The van der Waals surface area contributed by atoms with Crippen LogP contribution in [0.15, 0.2) is 35.7 Å². The third kappa shape index (κ3) is 5.49. The molecule has 3 amide bonds. The summed E-state index contributed by atoms with van der Waals surface area (Å²) in [6.07, 6.45) is 0.271. The SMILES string of the molecule is CCCCC(C(=O)N1CCCC1C(=O)Nc1nc(-c2ccccc2)cs1)C(F)C(=O)NO. The quantitative estimate of drug-likeness (QED) is 0.391. The number of hydroxylamine groups is 1. The minimum Gasteiger partial charge on any atom is -0.330 e. The molecule has 2 heterocycles. The first kappa shape index (κ1) is 23.8. The van der Waals surface area contributed by atoms with Crippen molar-refractivity contribution in [2.24, 2.45) is 5.92 Å². The number of nitrogens with zero attached hydrogens (tertiary/aromatic N) is 2. The Morgan fingerprint density at radius 2 is 2.06 bits per heavy atom. The average Bonchev–Trinajstić information content (AvgIpc) is 3.49. The van der Waals surface area contributed by atoms with Gasteiger partial charge in [0.15, 0.2) is 11.3 Å². The molecule has 0 aliphatic carbocycles. The number of thiazole rings is 1. The van der Waals surface area contributed by atoms with Gasteiger partial charge in [-0.2, -0.15) is 0 Å². The summed E-state index contributed by atoms with van der Waals surface area (Å²) < 4.78 is 14.6. The molecule has 1 aliphatic rings. The van der Waals surface area contributed by atoms with E-state index in [9.17, 15) is 18.8 Å². The standard InChI is InChI=1S/C22H27FN4O4S/c1-2-3-10-15(18(23)20(29)26-31)21(30)27-12-7-11-17(27)19(28)25-22-24-16(13-32-22)14-8-5-4-6-9-14/h4-6,8-9,13,15,17-18,31H,2-3,7,10-12H2,1H3,(H,26,29)(H,24,25,28). The van der Waals surface area contributed by atoms with Gasteiger partial charge < -0.3 is 10.2 Å². The molecule has 32 heavy (non-hydrogen) atoms. The highest BCUT2D eigenvalue weighted by molar-refractivity contribution is 7.14. The number of unbranched alkanes of at least 4 members (excludes halogenated alkanes) is 1. The Bertz CT molecular complexity index is 939. The summed E-state index contributed by atoms with van der Waals surface area (Å²) in [6.45, 7) is 2.20. The molecule has 10 heteroatoms. The monoisotopic (exact) mass is 462 g/mol. The Labute approximate surface area is 189 Å². The number of hydrogen-bond donors (Lipinski definition) is 3. The molecule has 1 fully saturated rings. The Morgan fingerprint density at radius 3 is 2.75 bits per heavy atom. The number of alkyl halides is 1. The van der Waals surface area contributed by atoms with Gasteiger partial charge in [0, 0.05) is 17.5 Å². The van der Waals surface area contributed by atoms with Crippen molar-refractivity contribution in [3.05, 3.63) is 35.7 Å². The molecular weight excluding hydrogens is 435 g/mol. The van der Waals surface area contributed by atoms with Crippen LogP contribution >= 0.6 is 11.3 Å². The topological polar surface area (TPSA) is 112 Å². The molecule has 0 bridgehead atoms. The molecule has 1 aliphatic heterocycles. The summed E-state index contributed by atoms with van der Waals surface area (Å²) in [5.41, 5.74) is 2.94. The van der Waals surface area contributed by atoms with E-state index in [1.807, 2.05) is 42.6 Å². The molecule has 172 valence electrons. The number of halogens is 1. The molecule has 8 nitrogen and oxygen atoms in total. The van der Waals surface area contributed by atoms with Crippen LogP contribution in [0.25, 0.3) is 11.3 Å². The summed E-state index contributed by atoms with van der Waals surface area (Å²) >= 11 is 1.28. The van der Waals surface area contributed by atoms with E-state index in [0.717, 1.165) is 17.7 Å². The first-order chi connectivity index (χ1) is 15.5. The minimum absolute atomic E-state index is 0.154. The molecule has 3 atom stereocenters. The smallest absolute Gasteiger partial charge is 0.278 e. The van der Waals surface area contributed by atoms with Crippen molar-refractivity contribution in [3.8, 4) is 11.3 Å². The number of benzene rings is 1. The van der Waals surface area contributed by atoms with E-state index < -0.39 is 29.9 Å². The van der Waals surface area contributed by atoms with Crippen LogP contribution < -0.4 is 10.8 Å². The zero-order valence-electron chi connectivity index (χ0n) is 17.8. The Balaban J connectivity index is 1.70. The Morgan fingerprint density at radius 1 is 1.31 bits per heavy atom. The largest absolute Gasteiger partial charge is 0.330 e. The lowest BCUT2D eigenvalue weighted by atomic mass is 9.94. The fourth-order valence-corrected chi connectivity index (χ4v) is 4.56. The lowest BCUT2D eigenvalue weighted by Crippen LogP contribution is -2.49. The average molecular weight is 463 g/mol. The molecule has 1 saturated heterocycles. The maximum atomic E-state index is 14.6. The fourth-order valence-electron chi connectivity index (χ4n) is 3.84. The van der Waals surface area contributed by atoms with E-state index in [2.05, 4.69) is 10.3 Å². The summed E-state index contributed by atoms with van der Waals surface area (Å²) in [4.78, 5) is 43.4. The third-order valence-electron chi connectivity index (χ3n) is 5.54. The van der Waals surface area contributed by atoms with Crippen LogP contribution in [0.4, 0.5) is 9.52 Å². The summed E-state index contributed by atoms with van der Waals surface area (Å²) in [5, 5.41) is 13.8. The maximum Gasteiger partial charge on any atom is 0.278 e. The van der Waals surface area contributed by atoms with E-state index in [0.29, 0.717) is 30.9 Å². The molecule has 3 rings (SSSR count). The van der Waals surface area contributed by atoms with Crippen LogP contribution in [-0.4, -0.2) is 51.6 Å². The number of hydrogen-bond acceptors (Lipinski definition) is 6. The molecule has 1 aromatic carbocycles. The van der Waals surface area contributed by atoms with Crippen LogP contribution in [0.5, 0.6) is 0 Å². The van der Waals surface area contributed by atoms with Crippen molar-refractivity contribution >= 4 is 34.2 Å². The highest BCUT2D eigenvalue weighted by Crippen LogP contribution is 2.28. The van der Waals surface area contributed by atoms with E-state index in [4.69, 9.17) is 5.21 Å². The van der Waals surface area contributed by atoms with E-state index in [1.54, 1.807) is 0 Å². The van der Waals surface area contributed by atoms with Gasteiger partial charge >= 0.3 is 0 Å². The maximum absolute atomic E-state index is 14.6. The van der Waals surface area contributed by atoms with E-state index in [1.165, 1.54) is 21.7 Å². The normalized spacial score (nSPS) is 17.6. The van der Waals surface area contributed by atoms with Crippen LogP contribution in [0.2, 0.25) is 0 Å². The van der Waals surface area contributed by atoms with Crippen molar-refractivity contribution < 1.29 is 24.0 Å². The highest BCUT2D eigenvalue weighted by atomic mass is 32.1. The fraction of sp³-hybridized carbons (Fsp3) is 0.455. The van der Waals surface area contributed by atoms with Crippen molar-refractivity contribution in [3.63, 3.8) is 0 Å². The van der Waals surface area contributed by atoms with Crippen LogP contribution in [0.3, 0.4) is 0 Å².